The maximum atomic E-state index is 12.2. The zero-order valence-electron chi connectivity index (χ0n) is 10.2. The van der Waals surface area contributed by atoms with E-state index in [1.807, 2.05) is 17.5 Å². The average molecular weight is 380 g/mol. The molecule has 0 saturated carbocycles. The van der Waals surface area contributed by atoms with Crippen LogP contribution in [0.1, 0.15) is 28.4 Å². The van der Waals surface area contributed by atoms with Crippen molar-refractivity contribution in [1.82, 2.24) is 4.72 Å². The number of sulfonamides is 1. The third kappa shape index (κ3) is 3.11. The molecule has 0 aliphatic carbocycles. The first-order chi connectivity index (χ1) is 9.31. The molecule has 0 radical (unpaired) electrons. The molecule has 0 aliphatic heterocycles. The van der Waals surface area contributed by atoms with Gasteiger partial charge in [0, 0.05) is 10.9 Å². The number of carbonyl (C=O) groups is 1. The topological polar surface area (TPSA) is 96.6 Å². The van der Waals surface area contributed by atoms with Gasteiger partial charge in [0.05, 0.1) is 6.04 Å². The third-order valence-corrected chi connectivity index (χ3v) is 5.91. The summed E-state index contributed by atoms with van der Waals surface area (Å²) < 4.78 is 31.6. The zero-order valence-corrected chi connectivity index (χ0v) is 13.4. The van der Waals surface area contributed by atoms with E-state index in [4.69, 9.17) is 9.52 Å². The maximum Gasteiger partial charge on any atom is 0.371 e. The molecule has 0 saturated heterocycles. The normalized spacial score (nSPS) is 13.3. The molecular formula is C11H10BrNO5S2. The van der Waals surface area contributed by atoms with Crippen molar-refractivity contribution < 1.29 is 22.7 Å². The van der Waals surface area contributed by atoms with Crippen LogP contribution in [0.3, 0.4) is 0 Å². The highest BCUT2D eigenvalue weighted by molar-refractivity contribution is 9.10. The standard InChI is InChI=1S/C11H10BrNO5S2/c1-6(8-3-2-4-19-8)13-20(16,17)9-5-7(11(14)15)18-10(9)12/h2-6,13H,1H3,(H,14,15)/t6-/m0/s1. The van der Waals surface area contributed by atoms with Crippen LogP contribution in [0, 0.1) is 0 Å². The SMILES string of the molecule is C[C@H](NS(=O)(=O)c1cc(C(=O)O)oc1Br)c1cccs1. The molecule has 0 amide bonds. The second-order valence-electron chi connectivity index (χ2n) is 3.91. The van der Waals surface area contributed by atoms with Crippen LogP contribution in [-0.2, 0) is 10.0 Å². The molecule has 0 aliphatic rings. The van der Waals surface area contributed by atoms with E-state index in [9.17, 15) is 13.2 Å². The van der Waals surface area contributed by atoms with Gasteiger partial charge in [-0.05, 0) is 34.3 Å². The van der Waals surface area contributed by atoms with E-state index in [-0.39, 0.29) is 9.56 Å². The first kappa shape index (κ1) is 15.2. The number of aromatic carboxylic acids is 1. The van der Waals surface area contributed by atoms with E-state index in [0.29, 0.717) is 0 Å². The average Bonchev–Trinajstić information content (AvgIpc) is 2.96. The predicted octanol–water partition coefficient (Wildman–Crippen LogP) is 2.84. The fraction of sp³-hybridized carbons (Fsp3) is 0.182. The van der Waals surface area contributed by atoms with Gasteiger partial charge in [-0.2, -0.15) is 0 Å². The molecule has 9 heteroatoms. The number of hydrogen-bond acceptors (Lipinski definition) is 5. The first-order valence-corrected chi connectivity index (χ1v) is 8.55. The first-order valence-electron chi connectivity index (χ1n) is 5.39. The number of halogens is 1. The lowest BCUT2D eigenvalue weighted by molar-refractivity contribution is 0.0661. The summed E-state index contributed by atoms with van der Waals surface area (Å²) in [6.07, 6.45) is 0. The summed E-state index contributed by atoms with van der Waals surface area (Å²) in [6.45, 7) is 1.70. The van der Waals surface area contributed by atoms with Gasteiger partial charge in [-0.15, -0.1) is 11.3 Å². The molecule has 0 spiro atoms. The molecule has 20 heavy (non-hydrogen) atoms. The second-order valence-corrected chi connectivity index (χ2v) is 7.29. The van der Waals surface area contributed by atoms with Gasteiger partial charge >= 0.3 is 5.97 Å². The monoisotopic (exact) mass is 379 g/mol. The van der Waals surface area contributed by atoms with Crippen LogP contribution in [0.25, 0.3) is 0 Å². The van der Waals surface area contributed by atoms with Gasteiger partial charge in [0.2, 0.25) is 15.8 Å². The highest BCUT2D eigenvalue weighted by Gasteiger charge is 2.26. The Kier molecular flexibility index (Phi) is 4.33. The van der Waals surface area contributed by atoms with Gasteiger partial charge in [0.15, 0.2) is 4.67 Å². The number of hydrogen-bond donors (Lipinski definition) is 2. The molecule has 2 N–H and O–H groups in total. The van der Waals surface area contributed by atoms with Crippen molar-refractivity contribution in [2.75, 3.05) is 0 Å². The Bertz CT molecular complexity index is 720. The summed E-state index contributed by atoms with van der Waals surface area (Å²) in [6, 6.07) is 4.18. The molecule has 2 aromatic rings. The van der Waals surface area contributed by atoms with Gasteiger partial charge in [0.1, 0.15) is 4.90 Å². The van der Waals surface area contributed by atoms with E-state index in [2.05, 4.69) is 20.7 Å². The lowest BCUT2D eigenvalue weighted by atomic mass is 10.3. The minimum Gasteiger partial charge on any atom is -0.475 e. The summed E-state index contributed by atoms with van der Waals surface area (Å²) in [7, 11) is -3.88. The Hall–Kier alpha value is -1.16. The fourth-order valence-electron chi connectivity index (χ4n) is 1.53. The van der Waals surface area contributed by atoms with Crippen LogP contribution in [0.15, 0.2) is 37.6 Å². The van der Waals surface area contributed by atoms with Gasteiger partial charge in [0.25, 0.3) is 0 Å². The molecule has 108 valence electrons. The van der Waals surface area contributed by atoms with E-state index >= 15 is 0 Å². The fourth-order valence-corrected chi connectivity index (χ4v) is 4.50. The van der Waals surface area contributed by atoms with Crippen LogP contribution in [0.2, 0.25) is 0 Å². The summed E-state index contributed by atoms with van der Waals surface area (Å²) in [5.74, 6) is -1.78. The predicted molar refractivity (Wildman–Crippen MR) is 76.4 cm³/mol. The summed E-state index contributed by atoms with van der Waals surface area (Å²) in [4.78, 5) is 11.4. The van der Waals surface area contributed by atoms with E-state index in [0.717, 1.165) is 10.9 Å². The summed E-state index contributed by atoms with van der Waals surface area (Å²) in [5.41, 5.74) is 0. The molecule has 0 unspecified atom stereocenters. The lowest BCUT2D eigenvalue weighted by Gasteiger charge is -2.11. The largest absolute Gasteiger partial charge is 0.475 e. The number of nitrogens with one attached hydrogen (secondary N) is 1. The highest BCUT2D eigenvalue weighted by atomic mass is 79.9. The second kappa shape index (κ2) is 5.68. The third-order valence-electron chi connectivity index (χ3n) is 2.46. The molecule has 0 aromatic carbocycles. The van der Waals surface area contributed by atoms with Crippen LogP contribution in [0.5, 0.6) is 0 Å². The molecule has 2 heterocycles. The maximum absolute atomic E-state index is 12.2. The Morgan fingerprint density at radius 2 is 2.25 bits per heavy atom. The Morgan fingerprint density at radius 1 is 1.55 bits per heavy atom. The quantitative estimate of drug-likeness (QED) is 0.832. The molecule has 2 rings (SSSR count). The number of carboxylic acids is 1. The van der Waals surface area contributed by atoms with Crippen LogP contribution >= 0.6 is 27.3 Å². The minimum atomic E-state index is -3.88. The van der Waals surface area contributed by atoms with Crippen LogP contribution in [0.4, 0.5) is 0 Å². The van der Waals surface area contributed by atoms with E-state index < -0.39 is 27.8 Å². The smallest absolute Gasteiger partial charge is 0.371 e. The van der Waals surface area contributed by atoms with Crippen LogP contribution in [-0.4, -0.2) is 19.5 Å². The molecule has 2 aromatic heterocycles. The van der Waals surface area contributed by atoms with Crippen molar-refractivity contribution in [2.45, 2.75) is 17.9 Å². The van der Waals surface area contributed by atoms with Crippen molar-refractivity contribution in [3.8, 4) is 0 Å². The molecule has 0 bridgehead atoms. The number of carboxylic acid groups (broad SMARTS) is 1. The minimum absolute atomic E-state index is 0.138. The van der Waals surface area contributed by atoms with Crippen molar-refractivity contribution >= 4 is 43.3 Å². The molecule has 1 atom stereocenters. The van der Waals surface area contributed by atoms with Crippen molar-refractivity contribution in [3.63, 3.8) is 0 Å². The molecular weight excluding hydrogens is 370 g/mol. The van der Waals surface area contributed by atoms with E-state index in [1.165, 1.54) is 11.3 Å². The van der Waals surface area contributed by atoms with Crippen molar-refractivity contribution in [1.29, 1.82) is 0 Å². The summed E-state index contributed by atoms with van der Waals surface area (Å²) in [5, 5.41) is 10.6. The van der Waals surface area contributed by atoms with Crippen LogP contribution < -0.4 is 4.72 Å². The van der Waals surface area contributed by atoms with Crippen molar-refractivity contribution in [3.05, 3.63) is 38.9 Å². The number of thiophene rings is 1. The Labute approximate surface area is 127 Å². The van der Waals surface area contributed by atoms with Gasteiger partial charge in [-0.1, -0.05) is 6.07 Å². The van der Waals surface area contributed by atoms with Gasteiger partial charge < -0.3 is 9.52 Å². The Balaban J connectivity index is 2.29. The summed E-state index contributed by atoms with van der Waals surface area (Å²) >= 11 is 4.34. The van der Waals surface area contributed by atoms with Gasteiger partial charge in [-0.25, -0.2) is 17.9 Å². The highest BCUT2D eigenvalue weighted by Crippen LogP contribution is 2.28. The number of rotatable bonds is 5. The molecule has 0 fully saturated rings. The lowest BCUT2D eigenvalue weighted by Crippen LogP contribution is -2.26. The van der Waals surface area contributed by atoms with Gasteiger partial charge in [-0.3, -0.25) is 0 Å². The number of furan rings is 1. The van der Waals surface area contributed by atoms with E-state index in [1.54, 1.807) is 6.92 Å². The Morgan fingerprint density at radius 3 is 2.75 bits per heavy atom. The molecule has 6 nitrogen and oxygen atoms in total. The van der Waals surface area contributed by atoms with Crippen molar-refractivity contribution in [2.24, 2.45) is 0 Å². The zero-order chi connectivity index (χ0) is 14.9.